The van der Waals surface area contributed by atoms with E-state index in [1.54, 1.807) is 41.5 Å². The second kappa shape index (κ2) is 6.48. The van der Waals surface area contributed by atoms with E-state index in [0.29, 0.717) is 0 Å². The molecule has 8 nitrogen and oxygen atoms in total. The number of amides is 2. The zero-order valence-corrected chi connectivity index (χ0v) is 16.1. The predicted molar refractivity (Wildman–Crippen MR) is 88.7 cm³/mol. The number of quaternary nitrogens is 1. The molecule has 3 atom stereocenters. The minimum atomic E-state index is -1.54. The maximum Gasteiger partial charge on any atom is 0.407 e. The van der Waals surface area contributed by atoms with E-state index in [1.807, 2.05) is 0 Å². The van der Waals surface area contributed by atoms with E-state index in [1.165, 1.54) is 6.92 Å². The molecule has 1 rings (SSSR count). The number of ether oxygens (including phenoxy) is 1. The van der Waals surface area contributed by atoms with E-state index in [9.17, 15) is 24.6 Å². The minimum Gasteiger partial charge on any atom is -0.498 e. The van der Waals surface area contributed by atoms with Crippen molar-refractivity contribution in [1.82, 2.24) is 5.32 Å². The molecule has 0 aliphatic carbocycles. The van der Waals surface area contributed by atoms with Crippen molar-refractivity contribution in [2.24, 2.45) is 5.92 Å². The van der Waals surface area contributed by atoms with Gasteiger partial charge in [0.1, 0.15) is 5.60 Å². The lowest BCUT2D eigenvalue weighted by molar-refractivity contribution is -0.944. The fraction of sp³-hybridized carbons (Fsp3) is 0.824. The van der Waals surface area contributed by atoms with E-state index in [4.69, 9.17) is 4.74 Å². The quantitative estimate of drug-likeness (QED) is 0.735. The smallest absolute Gasteiger partial charge is 0.407 e. The molecule has 0 aromatic carbocycles. The largest absolute Gasteiger partial charge is 0.498 e. The van der Waals surface area contributed by atoms with Crippen LogP contribution >= 0.6 is 0 Å². The van der Waals surface area contributed by atoms with E-state index < -0.39 is 39.3 Å². The van der Waals surface area contributed by atoms with Crippen molar-refractivity contribution in [1.29, 1.82) is 0 Å². The molecule has 0 bridgehead atoms. The van der Waals surface area contributed by atoms with E-state index in [2.05, 4.69) is 5.32 Å². The molecule has 1 heterocycles. The molecule has 0 saturated carbocycles. The van der Waals surface area contributed by atoms with Crippen LogP contribution in [0.1, 0.15) is 54.9 Å². The Morgan fingerprint density at radius 2 is 1.76 bits per heavy atom. The number of carboxylic acid groups (broad SMARTS) is 2. The molecular weight excluding hydrogens is 328 g/mol. The summed E-state index contributed by atoms with van der Waals surface area (Å²) in [6.07, 6.45) is -1.92. The van der Waals surface area contributed by atoms with Crippen LogP contribution in [0.2, 0.25) is 0 Å². The summed E-state index contributed by atoms with van der Waals surface area (Å²) in [6, 6.07) is 0. The number of carbonyl (C=O) groups excluding carboxylic acids is 2. The normalized spacial score (nSPS) is 30.0. The average molecular weight is 358 g/mol. The van der Waals surface area contributed by atoms with Crippen molar-refractivity contribution in [3.8, 4) is 0 Å². The number of nitrogens with one attached hydrogen (secondary N) is 1. The van der Waals surface area contributed by atoms with Crippen molar-refractivity contribution < 1.29 is 33.8 Å². The van der Waals surface area contributed by atoms with Gasteiger partial charge in [-0.3, -0.25) is 4.48 Å². The fourth-order valence-electron chi connectivity index (χ4n) is 3.86. The Labute approximate surface area is 148 Å². The number of carboxylic acids is 1. The van der Waals surface area contributed by atoms with Gasteiger partial charge in [-0.2, -0.15) is 0 Å². The average Bonchev–Trinajstić information content (AvgIpc) is 2.69. The number of hydrogen-bond acceptors (Lipinski definition) is 5. The van der Waals surface area contributed by atoms with Crippen molar-refractivity contribution in [3.63, 3.8) is 0 Å². The molecule has 0 radical (unpaired) electrons. The van der Waals surface area contributed by atoms with Crippen molar-refractivity contribution in [2.75, 3.05) is 13.1 Å². The molecule has 144 valence electrons. The van der Waals surface area contributed by atoms with Gasteiger partial charge < -0.3 is 25.1 Å². The molecular formula is C17H30N2O6. The van der Waals surface area contributed by atoms with Crippen molar-refractivity contribution in [3.05, 3.63) is 0 Å². The van der Waals surface area contributed by atoms with Gasteiger partial charge in [0, 0.05) is 25.8 Å². The number of likely N-dealkylation sites (tertiary alicyclic amines) is 1. The summed E-state index contributed by atoms with van der Waals surface area (Å²) in [5.41, 5.74) is -3.07. The lowest BCUT2D eigenvalue weighted by Crippen LogP contribution is -2.76. The molecule has 1 aliphatic heterocycles. The van der Waals surface area contributed by atoms with Gasteiger partial charge in [-0.25, -0.2) is 9.59 Å². The predicted octanol–water partition coefficient (Wildman–Crippen LogP) is 1.33. The Morgan fingerprint density at radius 1 is 1.24 bits per heavy atom. The van der Waals surface area contributed by atoms with Crippen LogP contribution in [0.25, 0.3) is 0 Å². The highest BCUT2D eigenvalue weighted by molar-refractivity contribution is 5.80. The van der Waals surface area contributed by atoms with Crippen LogP contribution in [0.5, 0.6) is 0 Å². The highest BCUT2D eigenvalue weighted by Crippen LogP contribution is 2.46. The highest BCUT2D eigenvalue weighted by Gasteiger charge is 2.66. The van der Waals surface area contributed by atoms with Crippen LogP contribution in [0.4, 0.5) is 9.59 Å². The Hall–Kier alpha value is -1.83. The first-order chi connectivity index (χ1) is 11.1. The van der Waals surface area contributed by atoms with Crippen LogP contribution in [0.15, 0.2) is 0 Å². The van der Waals surface area contributed by atoms with Crippen LogP contribution in [-0.4, -0.2) is 57.5 Å². The Bertz CT molecular complexity index is 562. The first kappa shape index (κ1) is 21.2. The zero-order valence-electron chi connectivity index (χ0n) is 16.1. The second-order valence-electron chi connectivity index (χ2n) is 8.96. The van der Waals surface area contributed by atoms with Crippen LogP contribution in [-0.2, 0) is 9.53 Å². The standard InChI is InChI=1S/C17H30N2O6/c1-15(2,3)19(14(23)24)10-11(8-17(19,7)12(20)21)9-18-13(22)25-16(4,5)6/h11H,8-10H2,1-7H3,(H2-,18,20,21,22,23,24)/t11-,17+,19?/m1/s1. The molecule has 25 heavy (non-hydrogen) atoms. The number of alkyl carbamates (subject to hydrolysis) is 1. The van der Waals surface area contributed by atoms with Crippen molar-refractivity contribution >= 4 is 18.2 Å². The maximum absolute atomic E-state index is 12.0. The monoisotopic (exact) mass is 358 g/mol. The van der Waals surface area contributed by atoms with Gasteiger partial charge in [-0.05, 0) is 41.5 Å². The van der Waals surface area contributed by atoms with Gasteiger partial charge in [0.05, 0.1) is 12.1 Å². The highest BCUT2D eigenvalue weighted by atomic mass is 16.6. The second-order valence-corrected chi connectivity index (χ2v) is 8.96. The fourth-order valence-corrected chi connectivity index (χ4v) is 3.86. The lowest BCUT2D eigenvalue weighted by Gasteiger charge is -2.52. The van der Waals surface area contributed by atoms with Gasteiger partial charge in [-0.1, -0.05) is 0 Å². The number of carbonyl (C=O) groups is 3. The number of aliphatic carboxylic acids is 1. The molecule has 2 N–H and O–H groups in total. The topological polar surface area (TPSA) is 116 Å². The zero-order chi connectivity index (χ0) is 19.8. The lowest BCUT2D eigenvalue weighted by atomic mass is 9.89. The molecule has 8 heteroatoms. The molecule has 1 fully saturated rings. The summed E-state index contributed by atoms with van der Waals surface area (Å²) in [7, 11) is 0. The summed E-state index contributed by atoms with van der Waals surface area (Å²) in [5, 5.41) is 24.4. The summed E-state index contributed by atoms with van der Waals surface area (Å²) >= 11 is 0. The Balaban J connectivity index is 3.05. The van der Waals surface area contributed by atoms with Gasteiger partial charge in [-0.15, -0.1) is 0 Å². The van der Waals surface area contributed by atoms with Gasteiger partial charge in [0.15, 0.2) is 0 Å². The molecule has 0 spiro atoms. The molecule has 1 aliphatic rings. The number of hydrogen-bond donors (Lipinski definition) is 2. The van der Waals surface area contributed by atoms with Crippen LogP contribution < -0.4 is 10.4 Å². The third-order valence-electron chi connectivity index (χ3n) is 4.91. The first-order valence-electron chi connectivity index (χ1n) is 8.37. The van der Waals surface area contributed by atoms with E-state index in [0.717, 1.165) is 0 Å². The van der Waals surface area contributed by atoms with Gasteiger partial charge in [0.2, 0.25) is 5.54 Å². The van der Waals surface area contributed by atoms with Crippen LogP contribution in [0.3, 0.4) is 0 Å². The summed E-state index contributed by atoms with van der Waals surface area (Å²) in [4.78, 5) is 35.8. The molecule has 1 saturated heterocycles. The summed E-state index contributed by atoms with van der Waals surface area (Å²) < 4.78 is 4.47. The van der Waals surface area contributed by atoms with E-state index >= 15 is 0 Å². The van der Waals surface area contributed by atoms with Gasteiger partial charge >= 0.3 is 12.1 Å². The van der Waals surface area contributed by atoms with Crippen molar-refractivity contribution in [2.45, 2.75) is 71.6 Å². The summed E-state index contributed by atoms with van der Waals surface area (Å²) in [5.74, 6) is -1.52. The minimum absolute atomic E-state index is 0.0600. The Morgan fingerprint density at radius 3 is 2.08 bits per heavy atom. The van der Waals surface area contributed by atoms with E-state index in [-0.39, 0.29) is 25.4 Å². The number of rotatable bonds is 3. The molecule has 0 aromatic heterocycles. The summed E-state index contributed by atoms with van der Waals surface area (Å²) in [6.45, 7) is 11.9. The first-order valence-corrected chi connectivity index (χ1v) is 8.37. The van der Waals surface area contributed by atoms with Gasteiger partial charge in [0.25, 0.3) is 6.09 Å². The Kier molecular flexibility index (Phi) is 5.49. The molecule has 0 aromatic rings. The maximum atomic E-state index is 12.0. The third-order valence-corrected chi connectivity index (χ3v) is 4.91. The molecule has 2 amide bonds. The van der Waals surface area contributed by atoms with Crippen LogP contribution in [0, 0.1) is 5.92 Å². The molecule has 1 unspecified atom stereocenters. The SMILES string of the molecule is CC(C)(C)OC(=O)NC[C@H]1C[C@@](C)(C(=O)O)[N+](C(=O)[O-])(C(C)(C)C)C1. The third kappa shape index (κ3) is 3.89. The number of nitrogens with zero attached hydrogens (tertiary/aromatic N) is 1.